The zero-order chi connectivity index (χ0) is 44.5. The Bertz CT molecular complexity index is 2000. The zero-order valence-corrected chi connectivity index (χ0v) is 38.3. The maximum Gasteiger partial charge on any atom is 0.338 e. The van der Waals surface area contributed by atoms with E-state index in [1.54, 1.807) is 38.3 Å². The lowest BCUT2D eigenvalue weighted by Gasteiger charge is -2.24. The first kappa shape index (κ1) is 48.9. The topological polar surface area (TPSA) is 77.5 Å². The second-order valence-electron chi connectivity index (χ2n) is 15.7. The molecular weight excluding hydrogens is 773 g/mol. The van der Waals surface area contributed by atoms with Gasteiger partial charge in [0.25, 0.3) is 0 Å². The lowest BCUT2D eigenvalue weighted by atomic mass is 10.0. The van der Waals surface area contributed by atoms with Gasteiger partial charge in [0.05, 0.1) is 31.6 Å². The molecule has 0 fully saturated rings. The van der Waals surface area contributed by atoms with Crippen LogP contribution >= 0.6 is 0 Å². The van der Waals surface area contributed by atoms with E-state index < -0.39 is 5.97 Å². The van der Waals surface area contributed by atoms with Gasteiger partial charge in [-0.15, -0.1) is 0 Å². The molecule has 0 bridgehead atoms. The summed E-state index contributed by atoms with van der Waals surface area (Å²) in [6, 6.07) is 28.0. The van der Waals surface area contributed by atoms with Crippen LogP contribution in [-0.4, -0.2) is 64.9 Å². The van der Waals surface area contributed by atoms with Crippen LogP contribution in [0.3, 0.4) is 0 Å². The van der Waals surface area contributed by atoms with Gasteiger partial charge in [0.15, 0.2) is 12.4 Å². The lowest BCUT2D eigenvalue weighted by Crippen LogP contribution is -2.25. The number of nitrogens with zero attached hydrogens (tertiary/aromatic N) is 2. The normalized spacial score (nSPS) is 11.2. The number of carbonyl (C=O) groups is 2. The summed E-state index contributed by atoms with van der Waals surface area (Å²) < 4.78 is 23.1. The SMILES string of the molecule is C=C(C)OCC(=O)c1ccc(C(=O)OCCCOc2cc(/C=C/c3ccc(N(CCCC)CCCC)cc3)c(OC)cc2/C=C/c2ccc(N(CCCC)CCCC)cc2)cc1. The summed E-state index contributed by atoms with van der Waals surface area (Å²) in [5, 5.41) is 0. The monoisotopic (exact) mass is 843 g/mol. The highest BCUT2D eigenvalue weighted by molar-refractivity contribution is 5.98. The van der Waals surface area contributed by atoms with E-state index >= 15 is 0 Å². The number of unbranched alkanes of at least 4 members (excludes halogenated alkanes) is 4. The minimum Gasteiger partial charge on any atom is -0.496 e. The second kappa shape index (κ2) is 27.2. The maximum absolute atomic E-state index is 12.8. The molecule has 332 valence electrons. The molecule has 0 radical (unpaired) electrons. The van der Waals surface area contributed by atoms with Gasteiger partial charge in [-0.05, 0) is 92.3 Å². The van der Waals surface area contributed by atoms with Crippen molar-refractivity contribution in [3.8, 4) is 11.5 Å². The Labute approximate surface area is 372 Å². The first-order valence-corrected chi connectivity index (χ1v) is 22.7. The Kier molecular flexibility index (Phi) is 21.5. The summed E-state index contributed by atoms with van der Waals surface area (Å²) >= 11 is 0. The molecular formula is C54H70N2O6. The van der Waals surface area contributed by atoms with Gasteiger partial charge in [-0.25, -0.2) is 4.79 Å². The third kappa shape index (κ3) is 16.3. The fourth-order valence-electron chi connectivity index (χ4n) is 6.81. The third-order valence-electron chi connectivity index (χ3n) is 10.6. The highest BCUT2D eigenvalue weighted by Gasteiger charge is 2.13. The Balaban J connectivity index is 1.51. The standard InChI is InChI=1S/C54H70N2O6/c1-8-12-33-55(34-13-9-2)49-29-19-43(20-30-49)17-23-47-40-53(60-37-16-38-61-54(58)46-27-25-45(26-28-46)51(57)41-62-42(5)6)48(39-52(47)59-7)24-18-44-21-31-50(32-22-44)56(35-14-10-3)36-15-11-4/h17-32,39-40H,5,8-16,33-38,41H2,1-4,6-7H3/b23-17+,24-18+. The number of esters is 1. The summed E-state index contributed by atoms with van der Waals surface area (Å²) in [5.41, 5.74) is 7.28. The molecule has 0 aliphatic rings. The van der Waals surface area contributed by atoms with E-state index in [0.717, 1.165) is 54.2 Å². The third-order valence-corrected chi connectivity index (χ3v) is 10.6. The minimum atomic E-state index is -0.463. The molecule has 0 unspecified atom stereocenters. The molecule has 0 amide bonds. The van der Waals surface area contributed by atoms with Gasteiger partial charge < -0.3 is 28.7 Å². The maximum atomic E-state index is 12.8. The van der Waals surface area contributed by atoms with Crippen LogP contribution in [0.15, 0.2) is 97.3 Å². The summed E-state index contributed by atoms with van der Waals surface area (Å²) in [5.74, 6) is 1.25. The lowest BCUT2D eigenvalue weighted by molar-refractivity contribution is 0.0485. The number of rotatable bonds is 29. The van der Waals surface area contributed by atoms with Gasteiger partial charge in [-0.1, -0.05) is 121 Å². The van der Waals surface area contributed by atoms with Crippen molar-refractivity contribution in [1.29, 1.82) is 0 Å². The van der Waals surface area contributed by atoms with Crippen molar-refractivity contribution < 1.29 is 28.5 Å². The first-order valence-electron chi connectivity index (χ1n) is 22.7. The molecule has 0 N–H and O–H groups in total. The number of Topliss-reactive ketones (excluding diaryl/α,β-unsaturated/α-hetero) is 1. The van der Waals surface area contributed by atoms with Crippen LogP contribution < -0.4 is 19.3 Å². The van der Waals surface area contributed by atoms with Crippen LogP contribution in [-0.2, 0) is 9.47 Å². The van der Waals surface area contributed by atoms with Gasteiger partial charge in [0.1, 0.15) is 11.5 Å². The number of methoxy groups -OCH3 is 1. The smallest absolute Gasteiger partial charge is 0.338 e. The van der Waals surface area contributed by atoms with E-state index in [2.05, 4.69) is 117 Å². The van der Waals surface area contributed by atoms with Crippen LogP contribution in [0, 0.1) is 0 Å². The van der Waals surface area contributed by atoms with Crippen molar-refractivity contribution in [2.75, 3.05) is 62.9 Å². The molecule has 62 heavy (non-hydrogen) atoms. The van der Waals surface area contributed by atoms with Crippen molar-refractivity contribution >= 4 is 47.4 Å². The van der Waals surface area contributed by atoms with Crippen LogP contribution in [0.1, 0.15) is 135 Å². The zero-order valence-electron chi connectivity index (χ0n) is 38.3. The van der Waals surface area contributed by atoms with E-state index in [1.807, 2.05) is 12.1 Å². The number of hydrogen-bond acceptors (Lipinski definition) is 8. The molecule has 4 rings (SSSR count). The molecule has 4 aromatic carbocycles. The van der Waals surface area contributed by atoms with E-state index in [0.29, 0.717) is 35.7 Å². The van der Waals surface area contributed by atoms with Crippen LogP contribution in [0.4, 0.5) is 11.4 Å². The Morgan fingerprint density at radius 1 is 0.565 bits per heavy atom. The predicted molar refractivity (Wildman–Crippen MR) is 260 cm³/mol. The summed E-state index contributed by atoms with van der Waals surface area (Å²) in [4.78, 5) is 30.2. The highest BCUT2D eigenvalue weighted by Crippen LogP contribution is 2.33. The van der Waals surface area contributed by atoms with Crippen LogP contribution in [0.5, 0.6) is 11.5 Å². The summed E-state index contributed by atoms with van der Waals surface area (Å²) in [6.07, 6.45) is 18.2. The molecule has 8 nitrogen and oxygen atoms in total. The van der Waals surface area contributed by atoms with Gasteiger partial charge in [-0.3, -0.25) is 4.79 Å². The summed E-state index contributed by atoms with van der Waals surface area (Å²) in [7, 11) is 1.69. The highest BCUT2D eigenvalue weighted by atomic mass is 16.5. The van der Waals surface area contributed by atoms with Crippen LogP contribution in [0.2, 0.25) is 0 Å². The summed E-state index contributed by atoms with van der Waals surface area (Å²) in [6.45, 7) is 19.0. The Morgan fingerprint density at radius 2 is 1.02 bits per heavy atom. The van der Waals surface area contributed by atoms with E-state index in [1.165, 1.54) is 62.7 Å². The molecule has 0 aromatic heterocycles. The number of ether oxygens (including phenoxy) is 4. The average molecular weight is 843 g/mol. The van der Waals surface area contributed by atoms with E-state index in [4.69, 9.17) is 18.9 Å². The fourth-order valence-corrected chi connectivity index (χ4v) is 6.81. The van der Waals surface area contributed by atoms with Crippen molar-refractivity contribution in [3.63, 3.8) is 0 Å². The molecule has 0 atom stereocenters. The average Bonchev–Trinajstić information content (AvgIpc) is 3.30. The predicted octanol–water partition coefficient (Wildman–Crippen LogP) is 13.2. The molecule has 0 aliphatic heterocycles. The molecule has 4 aromatic rings. The molecule has 0 aliphatic carbocycles. The number of ketones is 1. The van der Waals surface area contributed by atoms with Crippen molar-refractivity contribution in [1.82, 2.24) is 0 Å². The van der Waals surface area contributed by atoms with Gasteiger partial charge in [0.2, 0.25) is 0 Å². The molecule has 0 heterocycles. The number of hydrogen-bond donors (Lipinski definition) is 0. The van der Waals surface area contributed by atoms with E-state index in [-0.39, 0.29) is 19.0 Å². The van der Waals surface area contributed by atoms with Gasteiger partial charge in [0, 0.05) is 60.7 Å². The molecule has 8 heteroatoms. The number of anilines is 2. The quantitative estimate of drug-likeness (QED) is 0.0176. The number of allylic oxidation sites excluding steroid dienone is 1. The number of carbonyl (C=O) groups excluding carboxylic acids is 2. The van der Waals surface area contributed by atoms with Crippen LogP contribution in [0.25, 0.3) is 24.3 Å². The van der Waals surface area contributed by atoms with Crippen molar-refractivity contribution in [3.05, 3.63) is 131 Å². The largest absolute Gasteiger partial charge is 0.496 e. The number of benzene rings is 4. The van der Waals surface area contributed by atoms with Crippen molar-refractivity contribution in [2.24, 2.45) is 0 Å². The Hall–Kier alpha value is -5.76. The van der Waals surface area contributed by atoms with Crippen molar-refractivity contribution in [2.45, 2.75) is 92.4 Å². The van der Waals surface area contributed by atoms with Gasteiger partial charge in [-0.2, -0.15) is 0 Å². The fraction of sp³-hybridized carbons (Fsp3) is 0.407. The minimum absolute atomic E-state index is 0.0990. The van der Waals surface area contributed by atoms with Gasteiger partial charge >= 0.3 is 5.97 Å². The Morgan fingerprint density at radius 3 is 1.47 bits per heavy atom. The first-order chi connectivity index (χ1) is 30.2. The van der Waals surface area contributed by atoms with E-state index in [9.17, 15) is 9.59 Å². The molecule has 0 saturated heterocycles. The molecule has 0 spiro atoms. The second-order valence-corrected chi connectivity index (χ2v) is 15.7. The molecule has 0 saturated carbocycles.